The van der Waals surface area contributed by atoms with Crippen LogP contribution in [0.5, 0.6) is 0 Å². The van der Waals surface area contributed by atoms with E-state index in [2.05, 4.69) is 36.2 Å². The maximum absolute atomic E-state index is 6.07. The lowest BCUT2D eigenvalue weighted by Crippen LogP contribution is -2.51. The molecule has 2 rings (SSSR count). The lowest BCUT2D eigenvalue weighted by atomic mass is 10.2. The summed E-state index contributed by atoms with van der Waals surface area (Å²) < 4.78 is -0.816. The summed E-state index contributed by atoms with van der Waals surface area (Å²) in [5.74, 6) is 0. The van der Waals surface area contributed by atoms with Crippen molar-refractivity contribution in [3.05, 3.63) is 0 Å². The topological polar surface area (TPSA) is 49.1 Å². The van der Waals surface area contributed by atoms with Gasteiger partial charge in [-0.1, -0.05) is 11.6 Å². The van der Waals surface area contributed by atoms with Gasteiger partial charge in [0.2, 0.25) is 5.00 Å². The van der Waals surface area contributed by atoms with Crippen LogP contribution < -0.4 is 5.32 Å². The maximum atomic E-state index is 6.07. The Balaban J connectivity index is 2.48. The van der Waals surface area contributed by atoms with Crippen molar-refractivity contribution >= 4 is 46.4 Å². The lowest BCUT2D eigenvalue weighted by molar-refractivity contribution is 0.568. The number of nitrogens with one attached hydrogen (secondary N) is 1. The molecule has 0 aromatic carbocycles. The van der Waals surface area contributed by atoms with Gasteiger partial charge in [-0.3, -0.25) is 0 Å². The van der Waals surface area contributed by atoms with E-state index in [0.29, 0.717) is 0 Å². The van der Waals surface area contributed by atoms with Crippen molar-refractivity contribution in [1.29, 1.82) is 0 Å². The van der Waals surface area contributed by atoms with Crippen molar-refractivity contribution in [1.82, 2.24) is 5.32 Å². The Kier molecular flexibility index (Phi) is 1.34. The predicted molar refractivity (Wildman–Crippen MR) is 48.9 cm³/mol. The summed E-state index contributed by atoms with van der Waals surface area (Å²) in [4.78, 5) is 11.0. The Bertz CT molecular complexity index is 276. The van der Waals surface area contributed by atoms with E-state index >= 15 is 0 Å². The van der Waals surface area contributed by atoms with Crippen LogP contribution >= 0.6 is 27.5 Å². The molecule has 0 saturated heterocycles. The molecule has 11 heavy (non-hydrogen) atoms. The van der Waals surface area contributed by atoms with Crippen LogP contribution in [0.15, 0.2) is 15.0 Å². The van der Waals surface area contributed by atoms with Gasteiger partial charge in [-0.15, -0.1) is 0 Å². The maximum Gasteiger partial charge on any atom is 0.250 e. The van der Waals surface area contributed by atoms with Crippen LogP contribution in [0.25, 0.3) is 0 Å². The van der Waals surface area contributed by atoms with Gasteiger partial charge in [0.25, 0.3) is 4.57 Å². The van der Waals surface area contributed by atoms with E-state index in [1.807, 2.05) is 0 Å². The third-order valence-corrected chi connectivity index (χ3v) is 3.25. The predicted octanol–water partition coefficient (Wildman–Crippen LogP) is 0.714. The minimum absolute atomic E-state index is 0.816. The molecule has 2 heterocycles. The quantitative estimate of drug-likeness (QED) is 0.488. The molecule has 0 amide bonds. The lowest BCUT2D eigenvalue weighted by Gasteiger charge is -2.29. The summed E-state index contributed by atoms with van der Waals surface area (Å²) in [6.07, 6.45) is 4.49. The van der Waals surface area contributed by atoms with E-state index in [0.717, 1.165) is 0 Å². The molecule has 0 saturated carbocycles. The highest BCUT2D eigenvalue weighted by Crippen LogP contribution is 2.40. The number of aliphatic imine (C=N–C) groups is 3. The Morgan fingerprint density at radius 2 is 2.27 bits per heavy atom. The first-order valence-corrected chi connectivity index (χ1v) is 4.11. The Morgan fingerprint density at radius 1 is 1.45 bits per heavy atom. The van der Waals surface area contributed by atoms with Crippen molar-refractivity contribution in [2.24, 2.45) is 15.0 Å². The summed E-state index contributed by atoms with van der Waals surface area (Å²) in [5.41, 5.74) is 0. The minimum Gasteiger partial charge on any atom is -0.349 e. The molecule has 0 radical (unpaired) electrons. The molecule has 6 heteroatoms. The number of nitrogens with zero attached hydrogens (tertiary/aromatic N) is 3. The highest BCUT2D eigenvalue weighted by atomic mass is 79.9. The van der Waals surface area contributed by atoms with E-state index in [1.54, 1.807) is 6.21 Å². The molecular weight excluding hydrogens is 231 g/mol. The SMILES string of the molecule is ClC12C=NC=NC1(Br)N=CN2. The molecular formula is C5H4BrClN4. The van der Waals surface area contributed by atoms with E-state index in [4.69, 9.17) is 11.6 Å². The third-order valence-electron chi connectivity index (χ3n) is 1.52. The molecule has 1 N–H and O–H groups in total. The van der Waals surface area contributed by atoms with Crippen molar-refractivity contribution in [3.63, 3.8) is 0 Å². The number of halogens is 2. The van der Waals surface area contributed by atoms with Gasteiger partial charge in [-0.25, -0.2) is 15.0 Å². The van der Waals surface area contributed by atoms with Crippen LogP contribution in [0.2, 0.25) is 0 Å². The average molecular weight is 235 g/mol. The third kappa shape index (κ3) is 0.841. The molecule has 58 valence electrons. The first-order valence-electron chi connectivity index (χ1n) is 2.94. The largest absolute Gasteiger partial charge is 0.349 e. The number of hydrogen-bond donors (Lipinski definition) is 1. The van der Waals surface area contributed by atoms with Crippen LogP contribution in [0.4, 0.5) is 0 Å². The fraction of sp³-hybridized carbons (Fsp3) is 0.400. The highest BCUT2D eigenvalue weighted by molar-refractivity contribution is 9.10. The first kappa shape index (κ1) is 7.24. The smallest absolute Gasteiger partial charge is 0.250 e. The Morgan fingerprint density at radius 3 is 3.00 bits per heavy atom. The van der Waals surface area contributed by atoms with Gasteiger partial charge in [0.1, 0.15) is 6.34 Å². The van der Waals surface area contributed by atoms with E-state index in [1.165, 1.54) is 12.7 Å². The standard InChI is InChI=1S/C5H4BrClN4/c6-5-4(7,9-3-11-5)1-8-2-10-5/h1-3H,(H,9,11). The molecule has 0 aromatic heterocycles. The number of fused-ring (bicyclic) bond motifs is 1. The minimum atomic E-state index is -0.845. The zero-order valence-corrected chi connectivity index (χ0v) is 7.67. The fourth-order valence-corrected chi connectivity index (χ4v) is 1.50. The van der Waals surface area contributed by atoms with Crippen LogP contribution in [0, 0.1) is 0 Å². The number of hydrogen-bond acceptors (Lipinski definition) is 4. The van der Waals surface area contributed by atoms with Crippen molar-refractivity contribution < 1.29 is 0 Å². The monoisotopic (exact) mass is 234 g/mol. The van der Waals surface area contributed by atoms with E-state index in [9.17, 15) is 0 Å². The summed E-state index contributed by atoms with van der Waals surface area (Å²) >= 11 is 9.36. The normalized spacial score (nSPS) is 45.6. The zero-order chi connectivity index (χ0) is 7.95. The molecule has 4 nitrogen and oxygen atoms in total. The van der Waals surface area contributed by atoms with Crippen molar-refractivity contribution in [2.45, 2.75) is 9.57 Å². The van der Waals surface area contributed by atoms with Gasteiger partial charge in [0.15, 0.2) is 0 Å². The second-order valence-corrected chi connectivity index (χ2v) is 3.93. The van der Waals surface area contributed by atoms with E-state index < -0.39 is 9.57 Å². The molecule has 2 atom stereocenters. The Hall–Kier alpha value is -0.420. The van der Waals surface area contributed by atoms with Crippen LogP contribution in [-0.4, -0.2) is 28.5 Å². The number of rotatable bonds is 0. The van der Waals surface area contributed by atoms with Gasteiger partial charge in [0, 0.05) is 0 Å². The molecule has 2 unspecified atom stereocenters. The first-order chi connectivity index (χ1) is 5.16. The zero-order valence-electron chi connectivity index (χ0n) is 5.33. The molecule has 0 fully saturated rings. The van der Waals surface area contributed by atoms with Crippen LogP contribution in [0.3, 0.4) is 0 Å². The van der Waals surface area contributed by atoms with Crippen molar-refractivity contribution in [2.75, 3.05) is 0 Å². The molecule has 0 aromatic rings. The summed E-state index contributed by atoms with van der Waals surface area (Å²) in [7, 11) is 0. The van der Waals surface area contributed by atoms with Gasteiger partial charge < -0.3 is 5.32 Å². The second kappa shape index (κ2) is 2.04. The summed E-state index contributed by atoms with van der Waals surface area (Å²) in [6, 6.07) is 0. The molecule has 0 aliphatic carbocycles. The van der Waals surface area contributed by atoms with Gasteiger partial charge in [0.05, 0.1) is 12.6 Å². The molecule has 0 spiro atoms. The second-order valence-electron chi connectivity index (χ2n) is 2.22. The van der Waals surface area contributed by atoms with Crippen LogP contribution in [0.1, 0.15) is 0 Å². The number of alkyl halides is 2. The van der Waals surface area contributed by atoms with E-state index in [-0.39, 0.29) is 0 Å². The molecule has 2 aliphatic rings. The summed E-state index contributed by atoms with van der Waals surface area (Å²) in [5, 5.41) is 2.84. The average Bonchev–Trinajstić information content (AvgIpc) is 2.25. The van der Waals surface area contributed by atoms with Crippen molar-refractivity contribution in [3.8, 4) is 0 Å². The van der Waals surface area contributed by atoms with Gasteiger partial charge >= 0.3 is 0 Å². The summed E-state index contributed by atoms with van der Waals surface area (Å²) in [6.45, 7) is 0. The van der Waals surface area contributed by atoms with Gasteiger partial charge in [-0.2, -0.15) is 0 Å². The molecule has 0 bridgehead atoms. The van der Waals surface area contributed by atoms with Crippen LogP contribution in [-0.2, 0) is 0 Å². The molecule has 2 aliphatic heterocycles. The van der Waals surface area contributed by atoms with Gasteiger partial charge in [-0.05, 0) is 15.9 Å². The fourth-order valence-electron chi connectivity index (χ4n) is 0.890. The Labute approximate surface area is 76.6 Å². The highest BCUT2D eigenvalue weighted by Gasteiger charge is 2.52.